The van der Waals surface area contributed by atoms with Gasteiger partial charge in [0.2, 0.25) is 0 Å². The van der Waals surface area contributed by atoms with E-state index < -0.39 is 12.0 Å². The minimum Gasteiger partial charge on any atom is -0.480 e. The van der Waals surface area contributed by atoms with E-state index in [0.717, 1.165) is 32.3 Å². The third-order valence-corrected chi connectivity index (χ3v) is 4.98. The van der Waals surface area contributed by atoms with Gasteiger partial charge in [-0.25, -0.2) is 4.79 Å². The molecule has 7 nitrogen and oxygen atoms in total. The van der Waals surface area contributed by atoms with Crippen LogP contribution in [0.2, 0.25) is 0 Å². The summed E-state index contributed by atoms with van der Waals surface area (Å²) < 4.78 is 5.83. The number of carboxylic acid groups (broad SMARTS) is 1. The normalized spacial score (nSPS) is 23.1. The Morgan fingerprint density at radius 3 is 2.70 bits per heavy atom. The third-order valence-electron chi connectivity index (χ3n) is 4.98. The molecular weight excluding hydrogens is 346 g/mol. The Kier molecular flexibility index (Phi) is 6.45. The fourth-order valence-corrected chi connectivity index (χ4v) is 3.55. The Hall–Kier alpha value is -2.41. The van der Waals surface area contributed by atoms with Gasteiger partial charge in [0, 0.05) is 26.1 Å². The van der Waals surface area contributed by atoms with E-state index in [4.69, 9.17) is 4.74 Å². The highest BCUT2D eigenvalue weighted by Crippen LogP contribution is 2.26. The number of para-hydroxylation sites is 1. The number of carbonyl (C=O) groups is 2. The van der Waals surface area contributed by atoms with Crippen molar-refractivity contribution in [2.75, 3.05) is 24.7 Å². The predicted octanol–water partition coefficient (Wildman–Crippen LogP) is 2.51. The first-order valence-electron chi connectivity index (χ1n) is 9.65. The summed E-state index contributed by atoms with van der Waals surface area (Å²) in [6.07, 6.45) is 3.95. The molecule has 2 aliphatic rings. The molecule has 2 atom stereocenters. The Labute approximate surface area is 159 Å². The molecular formula is C20H27N3O4. The molecule has 0 saturated carbocycles. The van der Waals surface area contributed by atoms with Crippen LogP contribution >= 0.6 is 0 Å². The molecule has 1 saturated heterocycles. The average Bonchev–Trinajstić information content (AvgIpc) is 3.00. The SMILES string of the molecule is CCCOC1CCCN(C(=O)C2=NN(c3ccccc3)C(C(=O)O)C2)CC1. The van der Waals surface area contributed by atoms with Gasteiger partial charge in [0.15, 0.2) is 6.04 Å². The maximum atomic E-state index is 13.0. The Morgan fingerprint density at radius 1 is 1.22 bits per heavy atom. The number of carbonyl (C=O) groups excluding carboxylic acids is 1. The number of nitrogens with zero attached hydrogens (tertiary/aromatic N) is 3. The molecule has 7 heteroatoms. The summed E-state index contributed by atoms with van der Waals surface area (Å²) in [5.41, 5.74) is 0.996. The number of likely N-dealkylation sites (tertiary alicyclic amines) is 1. The van der Waals surface area contributed by atoms with E-state index in [1.54, 1.807) is 17.0 Å². The maximum absolute atomic E-state index is 13.0. The summed E-state index contributed by atoms with van der Waals surface area (Å²) in [6, 6.07) is 8.27. The number of hydrogen-bond acceptors (Lipinski definition) is 5. The van der Waals surface area contributed by atoms with Gasteiger partial charge in [-0.1, -0.05) is 25.1 Å². The summed E-state index contributed by atoms with van der Waals surface area (Å²) >= 11 is 0. The fourth-order valence-electron chi connectivity index (χ4n) is 3.55. The van der Waals surface area contributed by atoms with Crippen molar-refractivity contribution in [1.82, 2.24) is 4.90 Å². The first-order chi connectivity index (χ1) is 13.1. The minimum absolute atomic E-state index is 0.120. The molecule has 0 bridgehead atoms. The molecule has 1 N–H and O–H groups in total. The summed E-state index contributed by atoms with van der Waals surface area (Å²) in [5, 5.41) is 15.4. The quantitative estimate of drug-likeness (QED) is 0.828. The van der Waals surface area contributed by atoms with Gasteiger partial charge in [0.1, 0.15) is 5.71 Å². The van der Waals surface area contributed by atoms with Crippen molar-refractivity contribution in [3.63, 3.8) is 0 Å². The molecule has 0 aliphatic carbocycles. The van der Waals surface area contributed by atoms with Gasteiger partial charge in [0.25, 0.3) is 5.91 Å². The van der Waals surface area contributed by atoms with Gasteiger partial charge in [-0.2, -0.15) is 5.10 Å². The monoisotopic (exact) mass is 373 g/mol. The van der Waals surface area contributed by atoms with E-state index >= 15 is 0 Å². The van der Waals surface area contributed by atoms with E-state index in [2.05, 4.69) is 12.0 Å². The smallest absolute Gasteiger partial charge is 0.328 e. The van der Waals surface area contributed by atoms with Crippen molar-refractivity contribution in [2.45, 2.75) is 51.2 Å². The van der Waals surface area contributed by atoms with Crippen LogP contribution in [-0.4, -0.2) is 59.4 Å². The Morgan fingerprint density at radius 2 is 2.00 bits per heavy atom. The van der Waals surface area contributed by atoms with Gasteiger partial charge in [0.05, 0.1) is 11.8 Å². The lowest BCUT2D eigenvalue weighted by atomic mass is 10.1. The van der Waals surface area contributed by atoms with Gasteiger partial charge in [-0.05, 0) is 37.8 Å². The lowest BCUT2D eigenvalue weighted by Crippen LogP contribution is -2.38. The molecule has 3 rings (SSSR count). The molecule has 0 aromatic heterocycles. The lowest BCUT2D eigenvalue weighted by molar-refractivity contribution is -0.138. The fraction of sp³-hybridized carbons (Fsp3) is 0.550. The second-order valence-corrected chi connectivity index (χ2v) is 7.00. The highest BCUT2D eigenvalue weighted by molar-refractivity contribution is 6.40. The van der Waals surface area contributed by atoms with Crippen molar-refractivity contribution >= 4 is 23.3 Å². The van der Waals surface area contributed by atoms with Crippen molar-refractivity contribution in [2.24, 2.45) is 5.10 Å². The van der Waals surface area contributed by atoms with E-state index in [9.17, 15) is 14.7 Å². The van der Waals surface area contributed by atoms with Gasteiger partial charge < -0.3 is 14.7 Å². The van der Waals surface area contributed by atoms with Crippen LogP contribution in [0.4, 0.5) is 5.69 Å². The summed E-state index contributed by atoms with van der Waals surface area (Å²) in [7, 11) is 0. The number of ether oxygens (including phenoxy) is 1. The zero-order chi connectivity index (χ0) is 19.2. The van der Waals surface area contributed by atoms with Crippen molar-refractivity contribution in [3.05, 3.63) is 30.3 Å². The van der Waals surface area contributed by atoms with Crippen LogP contribution in [0.1, 0.15) is 39.0 Å². The standard InChI is InChI=1S/C20H27N3O4/c1-2-13-27-16-9-6-11-22(12-10-16)19(24)17-14-18(20(25)26)23(21-17)15-7-4-3-5-8-15/h3-5,7-8,16,18H,2,6,9-14H2,1H3,(H,25,26). The second kappa shape index (κ2) is 8.99. The zero-order valence-electron chi connectivity index (χ0n) is 15.7. The van der Waals surface area contributed by atoms with Crippen LogP contribution in [0.15, 0.2) is 35.4 Å². The molecule has 0 radical (unpaired) electrons. The van der Waals surface area contributed by atoms with Crippen LogP contribution in [0, 0.1) is 0 Å². The number of hydrogen-bond donors (Lipinski definition) is 1. The van der Waals surface area contributed by atoms with E-state index in [-0.39, 0.29) is 18.4 Å². The largest absolute Gasteiger partial charge is 0.480 e. The molecule has 1 aromatic carbocycles. The molecule has 0 spiro atoms. The maximum Gasteiger partial charge on any atom is 0.328 e. The molecule has 1 amide bonds. The van der Waals surface area contributed by atoms with Crippen molar-refractivity contribution < 1.29 is 19.4 Å². The predicted molar refractivity (Wildman–Crippen MR) is 103 cm³/mol. The molecule has 1 fully saturated rings. The average molecular weight is 373 g/mol. The summed E-state index contributed by atoms with van der Waals surface area (Å²) in [5.74, 6) is -1.13. The molecule has 2 aliphatic heterocycles. The minimum atomic E-state index is -0.978. The molecule has 2 heterocycles. The lowest BCUT2D eigenvalue weighted by Gasteiger charge is -2.20. The van der Waals surface area contributed by atoms with Crippen LogP contribution in [0.5, 0.6) is 0 Å². The first kappa shape index (κ1) is 19.4. The number of anilines is 1. The van der Waals surface area contributed by atoms with Gasteiger partial charge in [-0.15, -0.1) is 0 Å². The molecule has 27 heavy (non-hydrogen) atoms. The topological polar surface area (TPSA) is 82.4 Å². The third kappa shape index (κ3) is 4.66. The Bertz CT molecular complexity index is 692. The van der Waals surface area contributed by atoms with Crippen LogP contribution in [0.3, 0.4) is 0 Å². The zero-order valence-corrected chi connectivity index (χ0v) is 15.7. The number of aliphatic carboxylic acids is 1. The van der Waals surface area contributed by atoms with Crippen LogP contribution in [0.25, 0.3) is 0 Å². The van der Waals surface area contributed by atoms with Crippen molar-refractivity contribution in [1.29, 1.82) is 0 Å². The summed E-state index contributed by atoms with van der Waals surface area (Å²) in [6.45, 7) is 4.11. The van der Waals surface area contributed by atoms with Gasteiger partial charge >= 0.3 is 5.97 Å². The van der Waals surface area contributed by atoms with E-state index in [1.165, 1.54) is 5.01 Å². The van der Waals surface area contributed by atoms with Crippen LogP contribution < -0.4 is 5.01 Å². The summed E-state index contributed by atoms with van der Waals surface area (Å²) in [4.78, 5) is 26.4. The number of rotatable bonds is 6. The van der Waals surface area contributed by atoms with E-state index in [1.807, 2.05) is 18.2 Å². The first-order valence-corrected chi connectivity index (χ1v) is 9.65. The van der Waals surface area contributed by atoms with Crippen LogP contribution in [-0.2, 0) is 14.3 Å². The number of amides is 1. The second-order valence-electron chi connectivity index (χ2n) is 7.00. The van der Waals surface area contributed by atoms with Gasteiger partial charge in [-0.3, -0.25) is 9.80 Å². The van der Waals surface area contributed by atoms with E-state index in [0.29, 0.717) is 24.5 Å². The Balaban J connectivity index is 1.70. The number of hydrazone groups is 1. The molecule has 1 aromatic rings. The highest BCUT2D eigenvalue weighted by atomic mass is 16.5. The highest BCUT2D eigenvalue weighted by Gasteiger charge is 2.37. The molecule has 146 valence electrons. The molecule has 2 unspecified atom stereocenters. The number of carboxylic acids is 1. The number of benzene rings is 1. The van der Waals surface area contributed by atoms with Crippen molar-refractivity contribution in [3.8, 4) is 0 Å².